The second-order valence-corrected chi connectivity index (χ2v) is 5.59. The van der Waals surface area contributed by atoms with Crippen LogP contribution in [0.1, 0.15) is 17.8 Å². The van der Waals surface area contributed by atoms with Gasteiger partial charge in [0, 0.05) is 21.7 Å². The number of hydrogen-bond acceptors (Lipinski definition) is 4. The Bertz CT molecular complexity index is 489. The Morgan fingerprint density at radius 3 is 2.78 bits per heavy atom. The van der Waals surface area contributed by atoms with Gasteiger partial charge in [0.05, 0.1) is 11.6 Å². The lowest BCUT2D eigenvalue weighted by atomic mass is 10.2. The number of nitrogens with one attached hydrogen (secondary N) is 1. The van der Waals surface area contributed by atoms with Crippen LogP contribution in [-0.2, 0) is 0 Å². The van der Waals surface area contributed by atoms with Crippen LogP contribution in [0.2, 0.25) is 0 Å². The van der Waals surface area contributed by atoms with E-state index in [-0.39, 0.29) is 6.04 Å². The highest BCUT2D eigenvalue weighted by Crippen LogP contribution is 2.33. The summed E-state index contributed by atoms with van der Waals surface area (Å²) in [5, 5.41) is 3.23. The van der Waals surface area contributed by atoms with E-state index in [0.717, 1.165) is 10.6 Å². The van der Waals surface area contributed by atoms with Gasteiger partial charge in [-0.05, 0) is 19.1 Å². The molecular formula is C12H12F2N2S2. The molecule has 1 unspecified atom stereocenters. The minimum absolute atomic E-state index is 0.0527. The molecule has 96 valence electrons. The standard InChI is InChI=1S/C12H12F2N2S2/c1-8(11-6-15-7-17-11)16-9-4-2-3-5-10(9)18-12(13)14/h2-8,12,16H,1H3. The molecular weight excluding hydrogens is 274 g/mol. The first kappa shape index (κ1) is 13.3. The maximum Gasteiger partial charge on any atom is 0.288 e. The SMILES string of the molecule is CC(Nc1ccccc1SC(F)F)c1cncs1. The number of benzene rings is 1. The van der Waals surface area contributed by atoms with E-state index in [1.165, 1.54) is 0 Å². The zero-order valence-corrected chi connectivity index (χ0v) is 11.3. The molecule has 6 heteroatoms. The van der Waals surface area contributed by atoms with Crippen molar-refractivity contribution in [1.29, 1.82) is 0 Å². The normalized spacial score (nSPS) is 12.7. The third kappa shape index (κ3) is 3.43. The van der Waals surface area contributed by atoms with Crippen molar-refractivity contribution in [2.75, 3.05) is 5.32 Å². The van der Waals surface area contributed by atoms with Crippen LogP contribution in [0.15, 0.2) is 40.9 Å². The monoisotopic (exact) mass is 286 g/mol. The Kier molecular flexibility index (Phi) is 4.54. The van der Waals surface area contributed by atoms with Crippen molar-refractivity contribution in [3.8, 4) is 0 Å². The lowest BCUT2D eigenvalue weighted by Gasteiger charge is -2.16. The molecule has 0 spiro atoms. The predicted octanol–water partition coefficient (Wildman–Crippen LogP) is 4.63. The minimum Gasteiger partial charge on any atom is -0.377 e. The zero-order chi connectivity index (χ0) is 13.0. The summed E-state index contributed by atoms with van der Waals surface area (Å²) in [7, 11) is 0. The molecule has 0 fully saturated rings. The summed E-state index contributed by atoms with van der Waals surface area (Å²) in [5.41, 5.74) is 2.48. The molecule has 2 rings (SSSR count). The summed E-state index contributed by atoms with van der Waals surface area (Å²) in [4.78, 5) is 5.64. The lowest BCUT2D eigenvalue weighted by molar-refractivity contribution is 0.252. The number of hydrogen-bond donors (Lipinski definition) is 1. The van der Waals surface area contributed by atoms with Gasteiger partial charge in [-0.2, -0.15) is 8.78 Å². The van der Waals surface area contributed by atoms with Crippen molar-refractivity contribution < 1.29 is 8.78 Å². The largest absolute Gasteiger partial charge is 0.377 e. The highest BCUT2D eigenvalue weighted by atomic mass is 32.2. The van der Waals surface area contributed by atoms with Crippen molar-refractivity contribution in [3.05, 3.63) is 40.8 Å². The van der Waals surface area contributed by atoms with E-state index < -0.39 is 5.76 Å². The number of thiazole rings is 1. The number of alkyl halides is 2. The molecule has 2 nitrogen and oxygen atoms in total. The summed E-state index contributed by atoms with van der Waals surface area (Å²) in [6.07, 6.45) is 1.78. The van der Waals surface area contributed by atoms with Gasteiger partial charge in [0.15, 0.2) is 0 Å². The van der Waals surface area contributed by atoms with Gasteiger partial charge in [0.2, 0.25) is 0 Å². The summed E-state index contributed by atoms with van der Waals surface area (Å²) < 4.78 is 24.9. The molecule has 0 aliphatic carbocycles. The van der Waals surface area contributed by atoms with E-state index in [9.17, 15) is 8.78 Å². The molecule has 1 atom stereocenters. The van der Waals surface area contributed by atoms with Crippen LogP contribution < -0.4 is 5.32 Å². The molecule has 1 aromatic carbocycles. The number of aromatic nitrogens is 1. The predicted molar refractivity (Wildman–Crippen MR) is 72.5 cm³/mol. The number of rotatable bonds is 5. The fourth-order valence-corrected chi connectivity index (χ4v) is 2.76. The average molecular weight is 286 g/mol. The second kappa shape index (κ2) is 6.15. The smallest absolute Gasteiger partial charge is 0.288 e. The number of thioether (sulfide) groups is 1. The first-order valence-corrected chi connectivity index (χ1v) is 7.11. The van der Waals surface area contributed by atoms with Crippen LogP contribution in [0.3, 0.4) is 0 Å². The van der Waals surface area contributed by atoms with Crippen LogP contribution >= 0.6 is 23.1 Å². The van der Waals surface area contributed by atoms with E-state index in [1.54, 1.807) is 35.2 Å². The maximum absolute atomic E-state index is 12.4. The van der Waals surface area contributed by atoms with Gasteiger partial charge >= 0.3 is 0 Å². The molecule has 0 saturated heterocycles. The highest BCUT2D eigenvalue weighted by Gasteiger charge is 2.12. The van der Waals surface area contributed by atoms with Gasteiger partial charge < -0.3 is 5.32 Å². The highest BCUT2D eigenvalue weighted by molar-refractivity contribution is 7.99. The molecule has 1 N–H and O–H groups in total. The Balaban J connectivity index is 2.13. The van der Waals surface area contributed by atoms with Crippen molar-refractivity contribution in [2.45, 2.75) is 23.6 Å². The molecule has 0 radical (unpaired) electrons. The lowest BCUT2D eigenvalue weighted by Crippen LogP contribution is -2.06. The molecule has 0 saturated carbocycles. The molecule has 2 aromatic rings. The summed E-state index contributed by atoms with van der Waals surface area (Å²) in [6.45, 7) is 1.98. The van der Waals surface area contributed by atoms with E-state index in [4.69, 9.17) is 0 Å². The van der Waals surface area contributed by atoms with Gasteiger partial charge in [-0.15, -0.1) is 11.3 Å². The zero-order valence-electron chi connectivity index (χ0n) is 9.64. The molecule has 1 aromatic heterocycles. The van der Waals surface area contributed by atoms with Gasteiger partial charge in [-0.25, -0.2) is 0 Å². The Morgan fingerprint density at radius 1 is 1.33 bits per heavy atom. The van der Waals surface area contributed by atoms with Crippen LogP contribution in [0.25, 0.3) is 0 Å². The van der Waals surface area contributed by atoms with Crippen LogP contribution in [0, 0.1) is 0 Å². The molecule has 1 heterocycles. The molecule has 0 bridgehead atoms. The average Bonchev–Trinajstić information content (AvgIpc) is 2.84. The first-order valence-electron chi connectivity index (χ1n) is 5.35. The Morgan fingerprint density at radius 2 is 2.11 bits per heavy atom. The first-order chi connectivity index (χ1) is 8.66. The van der Waals surface area contributed by atoms with Crippen LogP contribution in [-0.4, -0.2) is 10.7 Å². The summed E-state index contributed by atoms with van der Waals surface area (Å²) in [5.74, 6) is -2.41. The van der Waals surface area contributed by atoms with Crippen LogP contribution in [0.4, 0.5) is 14.5 Å². The van der Waals surface area contributed by atoms with Crippen molar-refractivity contribution in [2.24, 2.45) is 0 Å². The van der Waals surface area contributed by atoms with E-state index in [2.05, 4.69) is 10.3 Å². The fourth-order valence-electron chi connectivity index (χ4n) is 1.53. The maximum atomic E-state index is 12.4. The molecule has 0 aliphatic heterocycles. The van der Waals surface area contributed by atoms with Gasteiger partial charge in [-0.1, -0.05) is 23.9 Å². The summed E-state index contributed by atoms with van der Waals surface area (Å²) in [6, 6.07) is 7.14. The topological polar surface area (TPSA) is 24.9 Å². The van der Waals surface area contributed by atoms with Gasteiger partial charge in [-0.3, -0.25) is 4.98 Å². The third-order valence-corrected chi connectivity index (χ3v) is 4.10. The number of para-hydroxylation sites is 1. The molecule has 0 amide bonds. The Hall–Kier alpha value is -1.14. The van der Waals surface area contributed by atoms with E-state index >= 15 is 0 Å². The van der Waals surface area contributed by atoms with Crippen LogP contribution in [0.5, 0.6) is 0 Å². The Labute approximate surface area is 112 Å². The third-order valence-electron chi connectivity index (χ3n) is 2.35. The van der Waals surface area contributed by atoms with E-state index in [1.807, 2.05) is 19.1 Å². The second-order valence-electron chi connectivity index (χ2n) is 3.64. The fraction of sp³-hybridized carbons (Fsp3) is 0.250. The van der Waals surface area contributed by atoms with E-state index in [0.29, 0.717) is 16.7 Å². The van der Waals surface area contributed by atoms with Gasteiger partial charge in [0.1, 0.15) is 0 Å². The molecule has 18 heavy (non-hydrogen) atoms. The van der Waals surface area contributed by atoms with Gasteiger partial charge in [0.25, 0.3) is 5.76 Å². The van der Waals surface area contributed by atoms with Crippen molar-refractivity contribution in [3.63, 3.8) is 0 Å². The quantitative estimate of drug-likeness (QED) is 0.811. The van der Waals surface area contributed by atoms with Crippen molar-refractivity contribution in [1.82, 2.24) is 4.98 Å². The minimum atomic E-state index is -2.41. The summed E-state index contributed by atoms with van der Waals surface area (Å²) >= 11 is 2.10. The number of nitrogens with zero attached hydrogens (tertiary/aromatic N) is 1. The van der Waals surface area contributed by atoms with Crippen molar-refractivity contribution >= 4 is 28.8 Å². The number of halogens is 2. The number of anilines is 1. The molecule has 0 aliphatic rings.